The highest BCUT2D eigenvalue weighted by Gasteiger charge is 2.52. The van der Waals surface area contributed by atoms with Crippen LogP contribution in [0.25, 0.3) is 0 Å². The van der Waals surface area contributed by atoms with Crippen molar-refractivity contribution in [3.05, 3.63) is 53.1 Å². The number of fused-ring (bicyclic) bond motifs is 2. The summed E-state index contributed by atoms with van der Waals surface area (Å²) in [5, 5.41) is 0. The summed E-state index contributed by atoms with van der Waals surface area (Å²) < 4.78 is 11.5. The Morgan fingerprint density at radius 1 is 1.30 bits per heavy atom. The fourth-order valence-corrected chi connectivity index (χ4v) is 3.91. The second kappa shape index (κ2) is 6.30. The molecule has 1 amide bonds. The van der Waals surface area contributed by atoms with Crippen LogP contribution in [0.15, 0.2) is 30.5 Å². The van der Waals surface area contributed by atoms with Gasteiger partial charge in [0.1, 0.15) is 17.2 Å². The molecule has 1 saturated carbocycles. The molecule has 1 aromatic carbocycles. The van der Waals surface area contributed by atoms with Crippen LogP contribution in [0.2, 0.25) is 0 Å². The van der Waals surface area contributed by atoms with Crippen molar-refractivity contribution < 1.29 is 14.3 Å². The molecule has 6 nitrogen and oxygen atoms in total. The zero-order chi connectivity index (χ0) is 18.4. The number of likely N-dealkylation sites (tertiary alicyclic amines) is 1. The maximum atomic E-state index is 12.6. The molecule has 6 heteroatoms. The molecule has 1 aliphatic carbocycles. The van der Waals surface area contributed by atoms with Gasteiger partial charge in [0, 0.05) is 17.7 Å². The summed E-state index contributed by atoms with van der Waals surface area (Å²) in [5.41, 5.74) is 2.67. The zero-order valence-corrected chi connectivity index (χ0v) is 15.5. The van der Waals surface area contributed by atoms with Crippen molar-refractivity contribution in [3.63, 3.8) is 0 Å². The molecule has 0 N–H and O–H groups in total. The second-order valence-corrected chi connectivity index (χ2v) is 7.65. The van der Waals surface area contributed by atoms with Crippen LogP contribution in [-0.4, -0.2) is 40.5 Å². The summed E-state index contributed by atoms with van der Waals surface area (Å²) in [6.07, 6.45) is 4.71. The summed E-state index contributed by atoms with van der Waals surface area (Å²) >= 11 is 0. The van der Waals surface area contributed by atoms with Crippen LogP contribution in [0.1, 0.15) is 48.3 Å². The van der Waals surface area contributed by atoms with Gasteiger partial charge in [0.05, 0.1) is 38.4 Å². The van der Waals surface area contributed by atoms with Crippen LogP contribution in [0.3, 0.4) is 0 Å². The number of carbonyl (C=O) groups excluding carboxylic acids is 1. The lowest BCUT2D eigenvalue weighted by Crippen LogP contribution is -2.61. The molecule has 5 rings (SSSR count). The van der Waals surface area contributed by atoms with E-state index < -0.39 is 5.60 Å². The fraction of sp³-hybridized carbons (Fsp3) is 0.476. The number of hydrogen-bond donors (Lipinski definition) is 0. The zero-order valence-electron chi connectivity index (χ0n) is 15.5. The Kier molecular flexibility index (Phi) is 3.90. The van der Waals surface area contributed by atoms with Crippen LogP contribution in [0.5, 0.6) is 5.75 Å². The SMILES string of the molecule is CCOc1ccc(CC(=O)N2CC3(C2)OCc2nc(C4CC4)ncc23)cc1. The molecule has 140 valence electrons. The number of rotatable bonds is 5. The lowest BCUT2D eigenvalue weighted by molar-refractivity contribution is -0.168. The Morgan fingerprint density at radius 2 is 2.07 bits per heavy atom. The summed E-state index contributed by atoms with van der Waals surface area (Å²) in [7, 11) is 0. The van der Waals surface area contributed by atoms with Gasteiger partial charge in [-0.25, -0.2) is 9.97 Å². The van der Waals surface area contributed by atoms with E-state index in [2.05, 4.69) is 4.98 Å². The number of nitrogens with zero attached hydrogens (tertiary/aromatic N) is 3. The van der Waals surface area contributed by atoms with Gasteiger partial charge in [-0.15, -0.1) is 0 Å². The monoisotopic (exact) mass is 365 g/mol. The lowest BCUT2D eigenvalue weighted by Gasteiger charge is -2.47. The largest absolute Gasteiger partial charge is 0.494 e. The van der Waals surface area contributed by atoms with Crippen molar-refractivity contribution in [2.75, 3.05) is 19.7 Å². The van der Waals surface area contributed by atoms with Crippen LogP contribution in [0, 0.1) is 0 Å². The average molecular weight is 365 g/mol. The van der Waals surface area contributed by atoms with Gasteiger partial charge in [-0.3, -0.25) is 4.79 Å². The Hall–Kier alpha value is -2.47. The van der Waals surface area contributed by atoms with E-state index in [9.17, 15) is 4.79 Å². The molecule has 27 heavy (non-hydrogen) atoms. The maximum Gasteiger partial charge on any atom is 0.227 e. The van der Waals surface area contributed by atoms with Gasteiger partial charge in [0.25, 0.3) is 0 Å². The molecule has 2 aliphatic heterocycles. The minimum absolute atomic E-state index is 0.123. The molecule has 0 unspecified atom stereocenters. The van der Waals surface area contributed by atoms with Crippen LogP contribution >= 0.6 is 0 Å². The van der Waals surface area contributed by atoms with Gasteiger partial charge in [-0.1, -0.05) is 12.1 Å². The van der Waals surface area contributed by atoms with E-state index in [0.717, 1.165) is 28.4 Å². The van der Waals surface area contributed by atoms with Gasteiger partial charge >= 0.3 is 0 Å². The topological polar surface area (TPSA) is 64.5 Å². The lowest BCUT2D eigenvalue weighted by atomic mass is 9.87. The van der Waals surface area contributed by atoms with Gasteiger partial charge in [0.15, 0.2) is 0 Å². The third-order valence-electron chi connectivity index (χ3n) is 5.64. The summed E-state index contributed by atoms with van der Waals surface area (Å²) in [6, 6.07) is 7.73. The molecular weight excluding hydrogens is 342 g/mol. The summed E-state index contributed by atoms with van der Waals surface area (Å²) in [4.78, 5) is 23.7. The number of aromatic nitrogens is 2. The van der Waals surface area contributed by atoms with E-state index in [0.29, 0.717) is 38.6 Å². The fourth-order valence-electron chi connectivity index (χ4n) is 3.91. The first kappa shape index (κ1) is 16.7. The minimum Gasteiger partial charge on any atom is -0.494 e. The van der Waals surface area contributed by atoms with Crippen molar-refractivity contribution in [2.45, 2.75) is 44.3 Å². The van der Waals surface area contributed by atoms with Crippen molar-refractivity contribution in [1.29, 1.82) is 0 Å². The molecule has 0 atom stereocenters. The molecule has 3 aliphatic rings. The molecule has 3 heterocycles. The smallest absolute Gasteiger partial charge is 0.227 e. The van der Waals surface area contributed by atoms with Crippen LogP contribution in [0.4, 0.5) is 0 Å². The van der Waals surface area contributed by atoms with Gasteiger partial charge in [-0.2, -0.15) is 0 Å². The Bertz CT molecular complexity index is 871. The number of benzene rings is 1. The van der Waals surface area contributed by atoms with E-state index >= 15 is 0 Å². The minimum atomic E-state index is -0.397. The van der Waals surface area contributed by atoms with Crippen molar-refractivity contribution in [1.82, 2.24) is 14.9 Å². The van der Waals surface area contributed by atoms with Gasteiger partial charge in [0.2, 0.25) is 5.91 Å². The highest BCUT2D eigenvalue weighted by atomic mass is 16.5. The molecule has 0 bridgehead atoms. The molecule has 1 spiro atoms. The average Bonchev–Trinajstić information content (AvgIpc) is 3.42. The first-order valence-corrected chi connectivity index (χ1v) is 9.66. The van der Waals surface area contributed by atoms with Gasteiger partial charge < -0.3 is 14.4 Å². The van der Waals surface area contributed by atoms with Gasteiger partial charge in [-0.05, 0) is 37.5 Å². The highest BCUT2D eigenvalue weighted by Crippen LogP contribution is 2.44. The molecule has 1 aromatic heterocycles. The first-order valence-electron chi connectivity index (χ1n) is 9.66. The normalized spacial score (nSPS) is 19.7. The summed E-state index contributed by atoms with van der Waals surface area (Å²) in [6.45, 7) is 4.29. The number of amides is 1. The molecule has 1 saturated heterocycles. The van der Waals surface area contributed by atoms with Crippen LogP contribution in [-0.2, 0) is 28.2 Å². The third kappa shape index (κ3) is 2.98. The second-order valence-electron chi connectivity index (χ2n) is 7.65. The number of carbonyl (C=O) groups is 1. The molecule has 2 fully saturated rings. The highest BCUT2D eigenvalue weighted by molar-refractivity contribution is 5.80. The third-order valence-corrected chi connectivity index (χ3v) is 5.64. The number of hydrogen-bond acceptors (Lipinski definition) is 5. The Morgan fingerprint density at radius 3 is 2.78 bits per heavy atom. The van der Waals surface area contributed by atoms with Crippen molar-refractivity contribution in [2.24, 2.45) is 0 Å². The van der Waals surface area contributed by atoms with E-state index in [4.69, 9.17) is 14.5 Å². The standard InChI is InChI=1S/C21H23N3O3/c1-2-26-16-7-3-14(4-8-16)9-19(25)24-12-21(13-24)17-10-22-20(15-5-6-15)23-18(17)11-27-21/h3-4,7-8,10,15H,2,5-6,9,11-13H2,1H3. The van der Waals surface area contributed by atoms with E-state index in [1.54, 1.807) is 0 Å². The van der Waals surface area contributed by atoms with Crippen molar-refractivity contribution in [3.8, 4) is 5.75 Å². The predicted octanol–water partition coefficient (Wildman–Crippen LogP) is 2.56. The molecular formula is C21H23N3O3. The predicted molar refractivity (Wildman–Crippen MR) is 98.4 cm³/mol. The van der Waals surface area contributed by atoms with Crippen molar-refractivity contribution >= 4 is 5.91 Å². The Balaban J connectivity index is 1.22. The van der Waals surface area contributed by atoms with E-state index in [1.807, 2.05) is 42.3 Å². The molecule has 0 radical (unpaired) electrons. The Labute approximate surface area is 158 Å². The van der Waals surface area contributed by atoms with E-state index in [1.165, 1.54) is 12.8 Å². The van der Waals surface area contributed by atoms with E-state index in [-0.39, 0.29) is 5.91 Å². The maximum absolute atomic E-state index is 12.6. The quantitative estimate of drug-likeness (QED) is 0.815. The summed E-state index contributed by atoms with van der Waals surface area (Å²) in [5.74, 6) is 2.45. The first-order chi connectivity index (χ1) is 13.2. The molecule has 2 aromatic rings. The van der Waals surface area contributed by atoms with Crippen LogP contribution < -0.4 is 4.74 Å². The number of ether oxygens (including phenoxy) is 2.